The molecule has 1 atom stereocenters. The molecular weight excluding hydrogens is 254 g/mol. The summed E-state index contributed by atoms with van der Waals surface area (Å²) in [4.78, 5) is 24.8. The summed E-state index contributed by atoms with van der Waals surface area (Å²) < 4.78 is 0. The van der Waals surface area contributed by atoms with Crippen molar-refractivity contribution in [2.24, 2.45) is 0 Å². The summed E-state index contributed by atoms with van der Waals surface area (Å²) in [7, 11) is 5.52. The SMILES string of the molecule is CNC(=O)C1(C)CCCN1Cc1cnc(N(C)C)nc1. The lowest BCUT2D eigenvalue weighted by atomic mass is 9.97. The van der Waals surface area contributed by atoms with E-state index in [0.29, 0.717) is 12.5 Å². The largest absolute Gasteiger partial charge is 0.358 e. The van der Waals surface area contributed by atoms with Crippen molar-refractivity contribution in [1.82, 2.24) is 20.2 Å². The van der Waals surface area contributed by atoms with Crippen LogP contribution in [0.1, 0.15) is 25.3 Å². The van der Waals surface area contributed by atoms with Gasteiger partial charge in [-0.1, -0.05) is 0 Å². The number of carbonyl (C=O) groups excluding carboxylic acids is 1. The lowest BCUT2D eigenvalue weighted by Gasteiger charge is -2.33. The standard InChI is InChI=1S/C14H23N5O/c1-14(12(20)15-2)6-5-7-19(14)10-11-8-16-13(17-9-11)18(3)4/h8-9H,5-7,10H2,1-4H3,(H,15,20). The highest BCUT2D eigenvalue weighted by atomic mass is 16.2. The van der Waals surface area contributed by atoms with Gasteiger partial charge < -0.3 is 10.2 Å². The zero-order chi connectivity index (χ0) is 14.8. The predicted molar refractivity (Wildman–Crippen MR) is 78.5 cm³/mol. The number of hydrogen-bond acceptors (Lipinski definition) is 5. The van der Waals surface area contributed by atoms with Crippen molar-refractivity contribution in [3.63, 3.8) is 0 Å². The average molecular weight is 277 g/mol. The molecule has 1 aliphatic rings. The van der Waals surface area contributed by atoms with Crippen LogP contribution >= 0.6 is 0 Å². The molecule has 1 amide bonds. The van der Waals surface area contributed by atoms with Crippen LogP contribution in [0.15, 0.2) is 12.4 Å². The Morgan fingerprint density at radius 3 is 2.65 bits per heavy atom. The second-order valence-corrected chi connectivity index (χ2v) is 5.66. The molecule has 1 fully saturated rings. The number of likely N-dealkylation sites (tertiary alicyclic amines) is 1. The van der Waals surface area contributed by atoms with Crippen LogP contribution in [0.5, 0.6) is 0 Å². The maximum absolute atomic E-state index is 12.1. The summed E-state index contributed by atoms with van der Waals surface area (Å²) in [6.07, 6.45) is 5.61. The topological polar surface area (TPSA) is 61.4 Å². The average Bonchev–Trinajstić information content (AvgIpc) is 2.81. The van der Waals surface area contributed by atoms with E-state index >= 15 is 0 Å². The van der Waals surface area contributed by atoms with Crippen molar-refractivity contribution >= 4 is 11.9 Å². The third-order valence-corrected chi connectivity index (χ3v) is 3.97. The lowest BCUT2D eigenvalue weighted by molar-refractivity contribution is -0.130. The molecule has 1 unspecified atom stereocenters. The van der Waals surface area contributed by atoms with Gasteiger partial charge in [-0.15, -0.1) is 0 Å². The zero-order valence-corrected chi connectivity index (χ0v) is 12.7. The molecule has 0 aliphatic carbocycles. The zero-order valence-electron chi connectivity index (χ0n) is 12.7. The van der Waals surface area contributed by atoms with Crippen LogP contribution < -0.4 is 10.2 Å². The van der Waals surface area contributed by atoms with Gasteiger partial charge in [-0.2, -0.15) is 0 Å². The van der Waals surface area contributed by atoms with E-state index in [1.807, 2.05) is 38.3 Å². The molecule has 2 heterocycles. The van der Waals surface area contributed by atoms with Gasteiger partial charge in [0.05, 0.1) is 5.54 Å². The van der Waals surface area contributed by atoms with E-state index in [1.54, 1.807) is 7.05 Å². The number of nitrogens with one attached hydrogen (secondary N) is 1. The number of rotatable bonds is 4. The lowest BCUT2D eigenvalue weighted by Crippen LogP contribution is -2.52. The highest BCUT2D eigenvalue weighted by molar-refractivity contribution is 5.85. The van der Waals surface area contributed by atoms with Gasteiger partial charge in [0.1, 0.15) is 0 Å². The number of anilines is 1. The molecule has 0 bridgehead atoms. The highest BCUT2D eigenvalue weighted by Gasteiger charge is 2.42. The summed E-state index contributed by atoms with van der Waals surface area (Å²) in [6, 6.07) is 0. The summed E-state index contributed by atoms with van der Waals surface area (Å²) in [5, 5.41) is 2.77. The van der Waals surface area contributed by atoms with E-state index in [4.69, 9.17) is 0 Å². The van der Waals surface area contributed by atoms with E-state index in [-0.39, 0.29) is 5.91 Å². The van der Waals surface area contributed by atoms with E-state index in [2.05, 4.69) is 20.2 Å². The minimum Gasteiger partial charge on any atom is -0.358 e. The summed E-state index contributed by atoms with van der Waals surface area (Å²) in [5.74, 6) is 0.782. The number of aromatic nitrogens is 2. The van der Waals surface area contributed by atoms with Crippen molar-refractivity contribution in [3.05, 3.63) is 18.0 Å². The van der Waals surface area contributed by atoms with Crippen LogP contribution in [-0.2, 0) is 11.3 Å². The van der Waals surface area contributed by atoms with Gasteiger partial charge >= 0.3 is 0 Å². The summed E-state index contributed by atoms with van der Waals surface area (Å²) >= 11 is 0. The molecule has 1 aromatic heterocycles. The molecule has 2 rings (SSSR count). The summed E-state index contributed by atoms with van der Waals surface area (Å²) in [6.45, 7) is 3.64. The van der Waals surface area contributed by atoms with Gasteiger partial charge in [-0.25, -0.2) is 9.97 Å². The molecule has 110 valence electrons. The van der Waals surface area contributed by atoms with E-state index < -0.39 is 5.54 Å². The van der Waals surface area contributed by atoms with Crippen LogP contribution in [0, 0.1) is 0 Å². The molecule has 1 aliphatic heterocycles. The molecule has 0 spiro atoms. The third kappa shape index (κ3) is 2.75. The Hall–Kier alpha value is -1.69. The van der Waals surface area contributed by atoms with E-state index in [1.165, 1.54) is 0 Å². The van der Waals surface area contributed by atoms with Gasteiger partial charge in [0.2, 0.25) is 11.9 Å². The van der Waals surface area contributed by atoms with Crippen molar-refractivity contribution < 1.29 is 4.79 Å². The second kappa shape index (κ2) is 5.75. The number of carbonyl (C=O) groups is 1. The van der Waals surface area contributed by atoms with E-state index in [0.717, 1.165) is 24.9 Å². The van der Waals surface area contributed by atoms with Gasteiger partial charge in [0.25, 0.3) is 0 Å². The monoisotopic (exact) mass is 277 g/mol. The third-order valence-electron chi connectivity index (χ3n) is 3.97. The van der Waals surface area contributed by atoms with Crippen molar-refractivity contribution in [2.45, 2.75) is 31.8 Å². The van der Waals surface area contributed by atoms with Crippen LogP contribution in [0.25, 0.3) is 0 Å². The Balaban J connectivity index is 2.10. The second-order valence-electron chi connectivity index (χ2n) is 5.66. The Kier molecular flexibility index (Phi) is 4.23. The molecule has 6 nitrogen and oxygen atoms in total. The fraction of sp³-hybridized carbons (Fsp3) is 0.643. The number of nitrogens with zero attached hydrogens (tertiary/aromatic N) is 4. The summed E-state index contributed by atoms with van der Waals surface area (Å²) in [5.41, 5.74) is 0.613. The van der Waals surface area contributed by atoms with Gasteiger partial charge in [0, 0.05) is 45.6 Å². The Morgan fingerprint density at radius 1 is 1.45 bits per heavy atom. The van der Waals surface area contributed by atoms with Gasteiger partial charge in [-0.3, -0.25) is 9.69 Å². The molecule has 1 aromatic rings. The molecular formula is C14H23N5O. The predicted octanol–water partition coefficient (Wildman–Crippen LogP) is 0.643. The van der Waals surface area contributed by atoms with E-state index in [9.17, 15) is 4.79 Å². The smallest absolute Gasteiger partial charge is 0.239 e. The number of hydrogen-bond donors (Lipinski definition) is 1. The number of amides is 1. The van der Waals surface area contributed by atoms with Crippen molar-refractivity contribution in [2.75, 3.05) is 32.6 Å². The van der Waals surface area contributed by atoms with Gasteiger partial charge in [-0.05, 0) is 26.3 Å². The van der Waals surface area contributed by atoms with Crippen LogP contribution in [0.3, 0.4) is 0 Å². The first-order valence-corrected chi connectivity index (χ1v) is 6.93. The van der Waals surface area contributed by atoms with Crippen molar-refractivity contribution in [3.8, 4) is 0 Å². The Morgan fingerprint density at radius 2 is 2.10 bits per heavy atom. The fourth-order valence-corrected chi connectivity index (χ4v) is 2.68. The van der Waals surface area contributed by atoms with Crippen LogP contribution in [0.2, 0.25) is 0 Å². The minimum absolute atomic E-state index is 0.0841. The number of likely N-dealkylation sites (N-methyl/N-ethyl adjacent to an activating group) is 1. The molecule has 20 heavy (non-hydrogen) atoms. The molecule has 0 saturated carbocycles. The van der Waals surface area contributed by atoms with Crippen molar-refractivity contribution in [1.29, 1.82) is 0 Å². The molecule has 1 N–H and O–H groups in total. The normalized spacial score (nSPS) is 22.8. The molecule has 0 radical (unpaired) electrons. The molecule has 0 aromatic carbocycles. The maximum Gasteiger partial charge on any atom is 0.239 e. The quantitative estimate of drug-likeness (QED) is 0.875. The van der Waals surface area contributed by atoms with Crippen LogP contribution in [-0.4, -0.2) is 54.0 Å². The van der Waals surface area contributed by atoms with Crippen LogP contribution in [0.4, 0.5) is 5.95 Å². The molecule has 6 heteroatoms. The highest BCUT2D eigenvalue weighted by Crippen LogP contribution is 2.30. The first kappa shape index (κ1) is 14.7. The Labute approximate surface area is 120 Å². The van der Waals surface area contributed by atoms with Gasteiger partial charge in [0.15, 0.2) is 0 Å². The maximum atomic E-state index is 12.1. The Bertz CT molecular complexity index is 473. The first-order chi connectivity index (χ1) is 9.47. The minimum atomic E-state index is -0.422. The fourth-order valence-electron chi connectivity index (χ4n) is 2.68. The first-order valence-electron chi connectivity index (χ1n) is 6.93. The molecule has 1 saturated heterocycles.